The molecule has 2 atom stereocenters. The third-order valence-corrected chi connectivity index (χ3v) is 3.74. The molecule has 1 aromatic rings. The third kappa shape index (κ3) is 6.14. The Kier molecular flexibility index (Phi) is 7.89. The van der Waals surface area contributed by atoms with Crippen LogP contribution in [0.1, 0.15) is 19.4 Å². The smallest absolute Gasteiger partial charge is 0.0899 e. The van der Waals surface area contributed by atoms with Crippen molar-refractivity contribution in [1.82, 2.24) is 10.2 Å². The number of rotatable bonds is 10. The first-order valence-corrected chi connectivity index (χ1v) is 7.63. The fourth-order valence-electron chi connectivity index (χ4n) is 2.76. The second kappa shape index (κ2) is 9.15. The Morgan fingerprint density at radius 2 is 2.00 bits per heavy atom. The van der Waals surface area contributed by atoms with Crippen LogP contribution in [0.4, 0.5) is 0 Å². The molecule has 0 fully saturated rings. The maximum Gasteiger partial charge on any atom is 0.0899 e. The summed E-state index contributed by atoms with van der Waals surface area (Å²) < 4.78 is 5.00. The number of nitrogens with zero attached hydrogens (tertiary/aromatic N) is 1. The van der Waals surface area contributed by atoms with Crippen LogP contribution in [-0.4, -0.2) is 63.1 Å². The summed E-state index contributed by atoms with van der Waals surface area (Å²) in [5.74, 6) is 0. The number of hydrogen-bond acceptors (Lipinski definition) is 4. The first kappa shape index (κ1) is 18.1. The molecule has 2 N–H and O–H groups in total. The van der Waals surface area contributed by atoms with Crippen molar-refractivity contribution < 1.29 is 9.84 Å². The molecule has 4 nitrogen and oxygen atoms in total. The van der Waals surface area contributed by atoms with Crippen molar-refractivity contribution in [3.05, 3.63) is 35.9 Å². The molecule has 1 aromatic carbocycles. The highest BCUT2D eigenvalue weighted by atomic mass is 16.5. The molecular formula is C17H30N2O2. The van der Waals surface area contributed by atoms with E-state index >= 15 is 0 Å². The highest BCUT2D eigenvalue weighted by molar-refractivity contribution is 5.25. The highest BCUT2D eigenvalue weighted by Gasteiger charge is 2.28. The van der Waals surface area contributed by atoms with Gasteiger partial charge in [-0.3, -0.25) is 0 Å². The molecule has 0 aromatic heterocycles. The Labute approximate surface area is 129 Å². The summed E-state index contributed by atoms with van der Waals surface area (Å²) in [5.41, 5.74) is 1.33. The largest absolute Gasteiger partial charge is 0.389 e. The van der Waals surface area contributed by atoms with Gasteiger partial charge in [0.1, 0.15) is 0 Å². The van der Waals surface area contributed by atoms with Crippen molar-refractivity contribution in [2.75, 3.05) is 46.9 Å². The highest BCUT2D eigenvalue weighted by Crippen LogP contribution is 2.24. The minimum Gasteiger partial charge on any atom is -0.389 e. The molecule has 0 aliphatic carbocycles. The van der Waals surface area contributed by atoms with Crippen LogP contribution in [0.3, 0.4) is 0 Å². The van der Waals surface area contributed by atoms with E-state index in [2.05, 4.69) is 48.3 Å². The van der Waals surface area contributed by atoms with Gasteiger partial charge in [0, 0.05) is 32.2 Å². The number of nitrogens with one attached hydrogen (secondary N) is 1. The van der Waals surface area contributed by atoms with Gasteiger partial charge in [-0.2, -0.15) is 0 Å². The molecular weight excluding hydrogens is 264 g/mol. The van der Waals surface area contributed by atoms with Crippen molar-refractivity contribution in [1.29, 1.82) is 0 Å². The van der Waals surface area contributed by atoms with E-state index in [0.29, 0.717) is 13.2 Å². The van der Waals surface area contributed by atoms with Crippen LogP contribution in [0.5, 0.6) is 0 Å². The SMILES string of the molecule is CCNCC(C)(CN(C)CC(O)COC)c1ccccc1. The first-order chi connectivity index (χ1) is 10.0. The maximum absolute atomic E-state index is 9.88. The molecule has 4 heteroatoms. The van der Waals surface area contributed by atoms with Crippen LogP contribution in [0, 0.1) is 0 Å². The van der Waals surface area contributed by atoms with Gasteiger partial charge in [-0.05, 0) is 19.2 Å². The molecule has 1 rings (SSSR count). The fourth-order valence-corrected chi connectivity index (χ4v) is 2.76. The molecule has 0 bridgehead atoms. The molecule has 0 saturated heterocycles. The van der Waals surface area contributed by atoms with E-state index < -0.39 is 6.10 Å². The van der Waals surface area contributed by atoms with E-state index in [1.54, 1.807) is 7.11 Å². The normalized spacial score (nSPS) is 15.9. The molecule has 0 aliphatic rings. The zero-order valence-corrected chi connectivity index (χ0v) is 13.8. The summed E-state index contributed by atoms with van der Waals surface area (Å²) in [6.07, 6.45) is -0.445. The van der Waals surface area contributed by atoms with Gasteiger partial charge < -0.3 is 20.1 Å². The van der Waals surface area contributed by atoms with E-state index in [1.807, 2.05) is 13.1 Å². The maximum atomic E-state index is 9.88. The summed E-state index contributed by atoms with van der Waals surface area (Å²) in [7, 11) is 3.66. The molecule has 0 heterocycles. The summed E-state index contributed by atoms with van der Waals surface area (Å²) in [6, 6.07) is 10.6. The van der Waals surface area contributed by atoms with Gasteiger partial charge in [0.25, 0.3) is 0 Å². The molecule has 0 amide bonds. The fraction of sp³-hybridized carbons (Fsp3) is 0.647. The van der Waals surface area contributed by atoms with Gasteiger partial charge in [0.05, 0.1) is 12.7 Å². The van der Waals surface area contributed by atoms with Crippen LogP contribution >= 0.6 is 0 Å². The summed E-state index contributed by atoms with van der Waals surface area (Å²) in [4.78, 5) is 2.17. The summed E-state index contributed by atoms with van der Waals surface area (Å²) in [6.45, 7) is 8.13. The zero-order valence-electron chi connectivity index (χ0n) is 13.8. The van der Waals surface area contributed by atoms with Crippen LogP contribution in [-0.2, 0) is 10.2 Å². The van der Waals surface area contributed by atoms with Crippen LogP contribution in [0.2, 0.25) is 0 Å². The molecule has 120 valence electrons. The van der Waals surface area contributed by atoms with Gasteiger partial charge in [0.2, 0.25) is 0 Å². The van der Waals surface area contributed by atoms with Crippen LogP contribution < -0.4 is 5.32 Å². The lowest BCUT2D eigenvalue weighted by Crippen LogP contribution is -2.46. The molecule has 0 aliphatic heterocycles. The quantitative estimate of drug-likeness (QED) is 0.686. The molecule has 21 heavy (non-hydrogen) atoms. The van der Waals surface area contributed by atoms with Gasteiger partial charge >= 0.3 is 0 Å². The predicted octanol–water partition coefficient (Wildman–Crippen LogP) is 1.49. The van der Waals surface area contributed by atoms with E-state index in [9.17, 15) is 5.11 Å². The predicted molar refractivity (Wildman–Crippen MR) is 87.7 cm³/mol. The standard InChI is InChI=1S/C17H30N2O2/c1-5-18-13-17(2,15-9-7-6-8-10-15)14-19(3)11-16(20)12-21-4/h6-10,16,18,20H,5,11-14H2,1-4H3. The number of benzene rings is 1. The van der Waals surface area contributed by atoms with Gasteiger partial charge in [-0.1, -0.05) is 44.2 Å². The van der Waals surface area contributed by atoms with E-state index in [1.165, 1.54) is 5.56 Å². The van der Waals surface area contributed by atoms with Gasteiger partial charge in [-0.15, -0.1) is 0 Å². The number of ether oxygens (including phenoxy) is 1. The number of hydrogen-bond donors (Lipinski definition) is 2. The number of aliphatic hydroxyl groups is 1. The third-order valence-electron chi connectivity index (χ3n) is 3.74. The summed E-state index contributed by atoms with van der Waals surface area (Å²) >= 11 is 0. The Balaban J connectivity index is 2.73. The van der Waals surface area contributed by atoms with Gasteiger partial charge in [-0.25, -0.2) is 0 Å². The monoisotopic (exact) mass is 294 g/mol. The lowest BCUT2D eigenvalue weighted by atomic mass is 9.81. The number of methoxy groups -OCH3 is 1. The minimum atomic E-state index is -0.445. The number of likely N-dealkylation sites (N-methyl/N-ethyl adjacent to an activating group) is 2. The number of aliphatic hydroxyl groups excluding tert-OH is 1. The average Bonchev–Trinajstić information content (AvgIpc) is 2.46. The minimum absolute atomic E-state index is 0.0127. The van der Waals surface area contributed by atoms with E-state index in [-0.39, 0.29) is 5.41 Å². The Morgan fingerprint density at radius 3 is 2.57 bits per heavy atom. The van der Waals surface area contributed by atoms with Crippen molar-refractivity contribution in [2.45, 2.75) is 25.4 Å². The Morgan fingerprint density at radius 1 is 1.33 bits per heavy atom. The molecule has 0 radical (unpaired) electrons. The second-order valence-electron chi connectivity index (χ2n) is 6.01. The van der Waals surface area contributed by atoms with Gasteiger partial charge in [0.15, 0.2) is 0 Å². The Bertz CT molecular complexity index is 386. The molecule has 2 unspecified atom stereocenters. The van der Waals surface area contributed by atoms with Crippen LogP contribution in [0.25, 0.3) is 0 Å². The van der Waals surface area contributed by atoms with E-state index in [4.69, 9.17) is 4.74 Å². The van der Waals surface area contributed by atoms with Crippen molar-refractivity contribution >= 4 is 0 Å². The Hall–Kier alpha value is -0.940. The van der Waals surface area contributed by atoms with Crippen molar-refractivity contribution in [2.24, 2.45) is 0 Å². The lowest BCUT2D eigenvalue weighted by Gasteiger charge is -2.35. The first-order valence-electron chi connectivity index (χ1n) is 7.63. The summed E-state index contributed by atoms with van der Waals surface area (Å²) in [5, 5.41) is 13.3. The average molecular weight is 294 g/mol. The van der Waals surface area contributed by atoms with Crippen LogP contribution in [0.15, 0.2) is 30.3 Å². The lowest BCUT2D eigenvalue weighted by molar-refractivity contribution is 0.0392. The van der Waals surface area contributed by atoms with Crippen molar-refractivity contribution in [3.8, 4) is 0 Å². The van der Waals surface area contributed by atoms with E-state index in [0.717, 1.165) is 19.6 Å². The van der Waals surface area contributed by atoms with Crippen molar-refractivity contribution in [3.63, 3.8) is 0 Å². The second-order valence-corrected chi connectivity index (χ2v) is 6.01. The zero-order chi connectivity index (χ0) is 15.7. The molecule has 0 spiro atoms. The molecule has 0 saturated carbocycles. The topological polar surface area (TPSA) is 44.7 Å².